The minimum Gasteiger partial charge on any atom is -0.493 e. The summed E-state index contributed by atoms with van der Waals surface area (Å²) in [5.74, 6) is 0.233. The number of rotatable bonds is 6. The number of ether oxygens (including phenoxy) is 2. The summed E-state index contributed by atoms with van der Waals surface area (Å²) in [5, 5.41) is 10.3. The topological polar surface area (TPSA) is 78.7 Å². The maximum atomic E-state index is 11.5. The molecule has 108 valence electrons. The van der Waals surface area contributed by atoms with Gasteiger partial charge in [-0.25, -0.2) is 0 Å². The molecule has 1 aromatic carbocycles. The van der Waals surface area contributed by atoms with Gasteiger partial charge in [0.25, 0.3) is 0 Å². The second-order valence-corrected chi connectivity index (χ2v) is 4.71. The molecule has 0 aliphatic rings. The summed E-state index contributed by atoms with van der Waals surface area (Å²) >= 11 is 3.26. The van der Waals surface area contributed by atoms with Crippen molar-refractivity contribution in [2.24, 2.45) is 0 Å². The first-order valence-corrected chi connectivity index (χ1v) is 6.67. The predicted octanol–water partition coefficient (Wildman–Crippen LogP) is 3.41. The van der Waals surface area contributed by atoms with E-state index in [0.717, 1.165) is 6.20 Å². The van der Waals surface area contributed by atoms with Crippen LogP contribution in [0, 0.1) is 10.1 Å². The zero-order valence-corrected chi connectivity index (χ0v) is 12.7. The van der Waals surface area contributed by atoms with Gasteiger partial charge in [-0.2, -0.15) is 0 Å². The van der Waals surface area contributed by atoms with Crippen molar-refractivity contribution < 1.29 is 19.2 Å². The first-order valence-electron chi connectivity index (χ1n) is 5.87. The largest absolute Gasteiger partial charge is 0.493 e. The normalized spacial score (nSPS) is 10.6. The number of methoxy groups -OCH3 is 1. The van der Waals surface area contributed by atoms with Crippen LogP contribution in [0.15, 0.2) is 22.8 Å². The number of hydrogen-bond donors (Lipinski definition) is 0. The van der Waals surface area contributed by atoms with Crippen LogP contribution < -0.4 is 9.47 Å². The minimum atomic E-state index is -0.560. The molecule has 0 spiro atoms. The van der Waals surface area contributed by atoms with Crippen molar-refractivity contribution in [1.29, 1.82) is 0 Å². The SMILES string of the molecule is CCCC(=O)Oc1c(Br)cc(/C=C/[N+](=O)[O-])cc1OC. The van der Waals surface area contributed by atoms with Crippen LogP contribution in [0.2, 0.25) is 0 Å². The monoisotopic (exact) mass is 343 g/mol. The zero-order chi connectivity index (χ0) is 15.1. The number of nitrogens with zero attached hydrogens (tertiary/aromatic N) is 1. The summed E-state index contributed by atoms with van der Waals surface area (Å²) in [6, 6.07) is 3.16. The third-order valence-corrected chi connectivity index (χ3v) is 2.90. The third kappa shape index (κ3) is 4.65. The van der Waals surface area contributed by atoms with Crippen molar-refractivity contribution in [3.8, 4) is 11.5 Å². The average Bonchev–Trinajstić information content (AvgIpc) is 2.39. The van der Waals surface area contributed by atoms with Crippen LogP contribution in [0.1, 0.15) is 25.3 Å². The van der Waals surface area contributed by atoms with Crippen molar-refractivity contribution in [2.45, 2.75) is 19.8 Å². The number of halogens is 1. The van der Waals surface area contributed by atoms with Crippen LogP contribution in [-0.2, 0) is 4.79 Å². The minimum absolute atomic E-state index is 0.268. The second kappa shape index (κ2) is 7.64. The van der Waals surface area contributed by atoms with E-state index in [9.17, 15) is 14.9 Å². The molecule has 0 saturated carbocycles. The Labute approximate surface area is 124 Å². The Morgan fingerprint density at radius 1 is 1.50 bits per heavy atom. The lowest BCUT2D eigenvalue weighted by atomic mass is 10.2. The molecule has 0 atom stereocenters. The van der Waals surface area contributed by atoms with E-state index in [1.54, 1.807) is 12.1 Å². The lowest BCUT2D eigenvalue weighted by Gasteiger charge is -2.11. The highest BCUT2D eigenvalue weighted by atomic mass is 79.9. The lowest BCUT2D eigenvalue weighted by molar-refractivity contribution is -0.400. The van der Waals surface area contributed by atoms with Gasteiger partial charge in [-0.15, -0.1) is 0 Å². The number of hydrogen-bond acceptors (Lipinski definition) is 5. The molecule has 0 aromatic heterocycles. The summed E-state index contributed by atoms with van der Waals surface area (Å²) in [6.45, 7) is 1.87. The van der Waals surface area contributed by atoms with Gasteiger partial charge >= 0.3 is 5.97 Å². The van der Waals surface area contributed by atoms with Crippen LogP contribution in [0.25, 0.3) is 6.08 Å². The summed E-state index contributed by atoms with van der Waals surface area (Å²) in [6.07, 6.45) is 3.13. The maximum Gasteiger partial charge on any atom is 0.311 e. The first kappa shape index (κ1) is 16.2. The quantitative estimate of drug-likeness (QED) is 0.342. The Kier molecular flexibility index (Phi) is 6.17. The Bertz CT molecular complexity index is 542. The molecule has 20 heavy (non-hydrogen) atoms. The van der Waals surface area contributed by atoms with Gasteiger partial charge in [0, 0.05) is 12.5 Å². The predicted molar refractivity (Wildman–Crippen MR) is 77.3 cm³/mol. The fourth-order valence-corrected chi connectivity index (χ4v) is 1.99. The number of esters is 1. The fourth-order valence-electron chi connectivity index (χ4n) is 1.45. The summed E-state index contributed by atoms with van der Waals surface area (Å²) in [4.78, 5) is 21.3. The molecule has 0 amide bonds. The van der Waals surface area contributed by atoms with Crippen LogP contribution >= 0.6 is 15.9 Å². The molecule has 0 heterocycles. The van der Waals surface area contributed by atoms with E-state index in [-0.39, 0.29) is 11.7 Å². The highest BCUT2D eigenvalue weighted by Gasteiger charge is 2.14. The van der Waals surface area contributed by atoms with Gasteiger partial charge in [0.1, 0.15) is 0 Å². The van der Waals surface area contributed by atoms with E-state index in [1.807, 2.05) is 6.92 Å². The van der Waals surface area contributed by atoms with E-state index < -0.39 is 4.92 Å². The van der Waals surface area contributed by atoms with E-state index >= 15 is 0 Å². The van der Waals surface area contributed by atoms with Crippen molar-refractivity contribution in [3.63, 3.8) is 0 Å². The average molecular weight is 344 g/mol. The molecule has 1 aromatic rings. The van der Waals surface area contributed by atoms with E-state index in [1.165, 1.54) is 13.2 Å². The lowest BCUT2D eigenvalue weighted by Crippen LogP contribution is -2.08. The molecule has 0 N–H and O–H groups in total. The molecule has 6 nitrogen and oxygen atoms in total. The second-order valence-electron chi connectivity index (χ2n) is 3.86. The third-order valence-electron chi connectivity index (χ3n) is 2.31. The molecule has 1 rings (SSSR count). The standard InChI is InChI=1S/C13H14BrNO5/c1-3-4-12(16)20-13-10(14)7-9(5-6-15(17)18)8-11(13)19-2/h5-8H,3-4H2,1-2H3/b6-5+. The van der Waals surface area contributed by atoms with Gasteiger partial charge in [-0.3, -0.25) is 14.9 Å². The summed E-state index contributed by atoms with van der Waals surface area (Å²) in [7, 11) is 1.43. The molecule has 0 aliphatic carbocycles. The molecular formula is C13H14BrNO5. The van der Waals surface area contributed by atoms with Gasteiger partial charge in [-0.1, -0.05) is 6.92 Å². The summed E-state index contributed by atoms with van der Waals surface area (Å²) in [5.41, 5.74) is 0.556. The molecule has 0 radical (unpaired) electrons. The van der Waals surface area contributed by atoms with Gasteiger partial charge < -0.3 is 9.47 Å². The molecule has 0 unspecified atom stereocenters. The maximum absolute atomic E-state index is 11.5. The molecule has 7 heteroatoms. The highest BCUT2D eigenvalue weighted by Crippen LogP contribution is 2.37. The highest BCUT2D eigenvalue weighted by molar-refractivity contribution is 9.10. The van der Waals surface area contributed by atoms with Gasteiger partial charge in [-0.05, 0) is 40.0 Å². The van der Waals surface area contributed by atoms with E-state index in [4.69, 9.17) is 9.47 Å². The molecule has 0 aliphatic heterocycles. The molecule has 0 fully saturated rings. The Morgan fingerprint density at radius 2 is 2.20 bits per heavy atom. The Morgan fingerprint density at radius 3 is 2.75 bits per heavy atom. The van der Waals surface area contributed by atoms with Gasteiger partial charge in [0.15, 0.2) is 11.5 Å². The Balaban J connectivity index is 3.07. The fraction of sp³-hybridized carbons (Fsp3) is 0.308. The summed E-state index contributed by atoms with van der Waals surface area (Å²) < 4.78 is 10.9. The number of benzene rings is 1. The number of carbonyl (C=O) groups excluding carboxylic acids is 1. The van der Waals surface area contributed by atoms with Gasteiger partial charge in [0.05, 0.1) is 16.5 Å². The molecule has 0 saturated heterocycles. The Hall–Kier alpha value is -1.89. The van der Waals surface area contributed by atoms with Crippen LogP contribution in [-0.4, -0.2) is 18.0 Å². The van der Waals surface area contributed by atoms with Crippen LogP contribution in [0.3, 0.4) is 0 Å². The first-order chi connectivity index (χ1) is 9.47. The zero-order valence-electron chi connectivity index (χ0n) is 11.1. The molecular weight excluding hydrogens is 330 g/mol. The van der Waals surface area contributed by atoms with Crippen LogP contribution in [0.5, 0.6) is 11.5 Å². The van der Waals surface area contributed by atoms with Crippen molar-refractivity contribution in [1.82, 2.24) is 0 Å². The van der Waals surface area contributed by atoms with Crippen molar-refractivity contribution in [3.05, 3.63) is 38.5 Å². The van der Waals surface area contributed by atoms with Crippen molar-refractivity contribution in [2.75, 3.05) is 7.11 Å². The van der Waals surface area contributed by atoms with E-state index in [2.05, 4.69) is 15.9 Å². The molecule has 0 bridgehead atoms. The van der Waals surface area contributed by atoms with Crippen molar-refractivity contribution >= 4 is 28.0 Å². The van der Waals surface area contributed by atoms with Crippen LogP contribution in [0.4, 0.5) is 0 Å². The smallest absolute Gasteiger partial charge is 0.311 e. The van der Waals surface area contributed by atoms with E-state index in [0.29, 0.717) is 28.6 Å². The number of nitro groups is 1. The van der Waals surface area contributed by atoms with Gasteiger partial charge in [0.2, 0.25) is 6.20 Å². The number of carbonyl (C=O) groups is 1.